The maximum absolute atomic E-state index is 2.64. The molecule has 1 nitrogen and oxygen atoms in total. The molecule has 270 valence electrons. The fourth-order valence-corrected chi connectivity index (χ4v) is 12.3. The number of nitrogens with zero attached hydrogens (tertiary/aromatic N) is 1. The number of benzene rings is 9. The molecule has 0 atom stereocenters. The van der Waals surface area contributed by atoms with Gasteiger partial charge in [-0.2, -0.15) is 0 Å². The van der Waals surface area contributed by atoms with E-state index in [9.17, 15) is 0 Å². The molecular weight excluding hydrogens is 739 g/mol. The first kappa shape index (κ1) is 32.3. The van der Waals surface area contributed by atoms with Gasteiger partial charge in [-0.25, -0.2) is 0 Å². The van der Waals surface area contributed by atoms with Gasteiger partial charge >= 0.3 is 0 Å². The predicted octanol–water partition coefficient (Wildman–Crippen LogP) is 15.7. The molecule has 0 spiro atoms. The van der Waals surface area contributed by atoms with E-state index in [0.29, 0.717) is 0 Å². The molecule has 1 aliphatic rings. The second-order valence-electron chi connectivity index (χ2n) is 15.6. The molecule has 0 saturated heterocycles. The van der Waals surface area contributed by atoms with Gasteiger partial charge in [0, 0.05) is 51.1 Å². The van der Waals surface area contributed by atoms with Crippen molar-refractivity contribution in [1.82, 2.24) is 4.57 Å². The highest BCUT2D eigenvalue weighted by molar-refractivity contribution is 7.26. The molecule has 9 aromatic carbocycles. The minimum absolute atomic E-state index is 0.632. The van der Waals surface area contributed by atoms with Gasteiger partial charge in [0.1, 0.15) is 5.54 Å². The van der Waals surface area contributed by atoms with Crippen LogP contribution in [0, 0.1) is 0 Å². The van der Waals surface area contributed by atoms with Crippen LogP contribution in [0.15, 0.2) is 200 Å². The average Bonchev–Trinajstić information content (AvgIpc) is 4.03. The van der Waals surface area contributed by atoms with Crippen LogP contribution >= 0.6 is 22.7 Å². The Morgan fingerprint density at radius 1 is 0.310 bits per heavy atom. The van der Waals surface area contributed by atoms with E-state index in [1.807, 2.05) is 22.7 Å². The third kappa shape index (κ3) is 4.40. The number of rotatable bonds is 4. The minimum atomic E-state index is -0.632. The Morgan fingerprint density at radius 2 is 0.707 bits per heavy atom. The van der Waals surface area contributed by atoms with Crippen molar-refractivity contribution < 1.29 is 0 Å². The lowest BCUT2D eigenvalue weighted by Crippen LogP contribution is -2.35. The molecule has 3 aromatic heterocycles. The molecule has 1 aliphatic carbocycles. The summed E-state index contributed by atoms with van der Waals surface area (Å²) < 4.78 is 7.95. The van der Waals surface area contributed by atoms with Gasteiger partial charge in [-0.3, -0.25) is 0 Å². The van der Waals surface area contributed by atoms with Gasteiger partial charge in [-0.1, -0.05) is 140 Å². The Bertz CT molecular complexity index is 3420. The zero-order valence-electron chi connectivity index (χ0n) is 31.3. The van der Waals surface area contributed by atoms with Crippen molar-refractivity contribution in [2.45, 2.75) is 5.54 Å². The SMILES string of the molecule is c1ccc(C2(n3c4ccccc4c4ccccc43)c3ccc(-c4ccc5sc6ccccc6c5c4)cc3-c3cc(-c4ccc5sc6ccccc6c5c4)ccc32)cc1. The Labute approximate surface area is 343 Å². The zero-order chi connectivity index (χ0) is 38.0. The van der Waals surface area contributed by atoms with Crippen LogP contribution < -0.4 is 0 Å². The van der Waals surface area contributed by atoms with E-state index in [2.05, 4.69) is 205 Å². The highest BCUT2D eigenvalue weighted by Crippen LogP contribution is 2.57. The molecular formula is C55H33NS2. The largest absolute Gasteiger partial charge is 0.322 e. The van der Waals surface area contributed by atoms with Crippen LogP contribution in [-0.2, 0) is 5.54 Å². The van der Waals surface area contributed by atoms with E-state index in [0.717, 1.165) is 0 Å². The van der Waals surface area contributed by atoms with E-state index in [-0.39, 0.29) is 0 Å². The Hall–Kier alpha value is -6.78. The van der Waals surface area contributed by atoms with Crippen LogP contribution in [0.1, 0.15) is 16.7 Å². The molecule has 58 heavy (non-hydrogen) atoms. The minimum Gasteiger partial charge on any atom is -0.322 e. The van der Waals surface area contributed by atoms with Crippen LogP contribution in [0.25, 0.3) is 95.5 Å². The Kier molecular flexibility index (Phi) is 6.75. The molecule has 0 unspecified atom stereocenters. The number of hydrogen-bond donors (Lipinski definition) is 0. The van der Waals surface area contributed by atoms with Crippen molar-refractivity contribution in [3.8, 4) is 33.4 Å². The number of aromatic nitrogens is 1. The maximum atomic E-state index is 2.64. The summed E-state index contributed by atoms with van der Waals surface area (Å²) >= 11 is 3.75. The summed E-state index contributed by atoms with van der Waals surface area (Å²) in [6, 6.07) is 75.3. The number of fused-ring (bicyclic) bond motifs is 12. The van der Waals surface area contributed by atoms with Crippen LogP contribution in [0.2, 0.25) is 0 Å². The summed E-state index contributed by atoms with van der Waals surface area (Å²) in [4.78, 5) is 0. The van der Waals surface area contributed by atoms with E-state index >= 15 is 0 Å². The summed E-state index contributed by atoms with van der Waals surface area (Å²) in [6.07, 6.45) is 0. The molecule has 0 amide bonds. The monoisotopic (exact) mass is 771 g/mol. The van der Waals surface area contributed by atoms with Gasteiger partial charge in [-0.05, 0) is 111 Å². The van der Waals surface area contributed by atoms with E-state index in [1.54, 1.807) is 0 Å². The fraction of sp³-hybridized carbons (Fsp3) is 0.0182. The molecule has 3 heterocycles. The quantitative estimate of drug-likeness (QED) is 0.168. The fourth-order valence-electron chi connectivity index (χ4n) is 10.1. The van der Waals surface area contributed by atoms with E-state index in [1.165, 1.54) is 112 Å². The van der Waals surface area contributed by atoms with E-state index < -0.39 is 5.54 Å². The zero-order valence-corrected chi connectivity index (χ0v) is 32.9. The third-order valence-electron chi connectivity index (χ3n) is 12.6. The maximum Gasteiger partial charge on any atom is 0.122 e. The van der Waals surface area contributed by atoms with Crippen LogP contribution in [-0.4, -0.2) is 4.57 Å². The molecule has 0 saturated carbocycles. The first-order valence-corrected chi connectivity index (χ1v) is 21.5. The smallest absolute Gasteiger partial charge is 0.122 e. The molecule has 0 aliphatic heterocycles. The lowest BCUT2D eigenvalue weighted by molar-refractivity contribution is 0.564. The molecule has 13 rings (SSSR count). The average molecular weight is 772 g/mol. The molecule has 0 N–H and O–H groups in total. The van der Waals surface area contributed by atoms with E-state index in [4.69, 9.17) is 0 Å². The van der Waals surface area contributed by atoms with Crippen molar-refractivity contribution in [3.05, 3.63) is 217 Å². The van der Waals surface area contributed by atoms with Gasteiger partial charge in [0.25, 0.3) is 0 Å². The standard InChI is InChI=1S/C55H33NS2/c1-2-12-38(13-3-1)55(56-49-18-8-4-14-39(49)40-15-5-9-19-50(40)56)47-26-22-34(36-24-28-53-45(32-36)41-16-6-10-20-51(41)57-53)30-43(47)44-31-35(23-27-48(44)55)37-25-29-54-46(33-37)42-17-7-11-21-52(42)58-54/h1-33H. The van der Waals surface area contributed by atoms with Gasteiger partial charge in [0.15, 0.2) is 0 Å². The number of hydrogen-bond acceptors (Lipinski definition) is 2. The molecule has 0 bridgehead atoms. The lowest BCUT2D eigenvalue weighted by atomic mass is 9.79. The summed E-state index contributed by atoms with van der Waals surface area (Å²) in [7, 11) is 0. The third-order valence-corrected chi connectivity index (χ3v) is 14.9. The summed E-state index contributed by atoms with van der Waals surface area (Å²) in [6.45, 7) is 0. The Morgan fingerprint density at radius 3 is 1.22 bits per heavy atom. The van der Waals surface area contributed by atoms with Gasteiger partial charge < -0.3 is 4.57 Å². The number of para-hydroxylation sites is 2. The van der Waals surface area contributed by atoms with Crippen LogP contribution in [0.5, 0.6) is 0 Å². The van der Waals surface area contributed by atoms with Crippen molar-refractivity contribution in [3.63, 3.8) is 0 Å². The summed E-state index contributed by atoms with van der Waals surface area (Å²) in [5.41, 5.74) is 13.1. The first-order valence-electron chi connectivity index (χ1n) is 19.9. The van der Waals surface area contributed by atoms with Crippen molar-refractivity contribution in [2.75, 3.05) is 0 Å². The normalized spacial score (nSPS) is 13.3. The second kappa shape index (κ2) is 12.1. The predicted molar refractivity (Wildman–Crippen MR) is 250 cm³/mol. The highest BCUT2D eigenvalue weighted by Gasteiger charge is 2.48. The molecule has 3 heteroatoms. The van der Waals surface area contributed by atoms with Crippen molar-refractivity contribution in [2.24, 2.45) is 0 Å². The van der Waals surface area contributed by atoms with Gasteiger partial charge in [0.05, 0.1) is 11.0 Å². The highest BCUT2D eigenvalue weighted by atomic mass is 32.1. The summed E-state index contributed by atoms with van der Waals surface area (Å²) in [5, 5.41) is 7.83. The second-order valence-corrected chi connectivity index (χ2v) is 17.8. The first-order chi connectivity index (χ1) is 28.7. The molecule has 0 fully saturated rings. The lowest BCUT2D eigenvalue weighted by Gasteiger charge is -2.36. The number of thiophene rings is 2. The van der Waals surface area contributed by atoms with Crippen LogP contribution in [0.4, 0.5) is 0 Å². The van der Waals surface area contributed by atoms with Gasteiger partial charge in [-0.15, -0.1) is 22.7 Å². The molecule has 12 aromatic rings. The van der Waals surface area contributed by atoms with Crippen molar-refractivity contribution in [1.29, 1.82) is 0 Å². The molecule has 0 radical (unpaired) electrons. The van der Waals surface area contributed by atoms with Gasteiger partial charge in [0.2, 0.25) is 0 Å². The van der Waals surface area contributed by atoms with Crippen LogP contribution in [0.3, 0.4) is 0 Å². The summed E-state index contributed by atoms with van der Waals surface area (Å²) in [5.74, 6) is 0. The Balaban J connectivity index is 1.12. The topological polar surface area (TPSA) is 4.93 Å². The van der Waals surface area contributed by atoms with Crippen molar-refractivity contribution >= 4 is 84.8 Å².